The Hall–Kier alpha value is 2.45. The van der Waals surface area contributed by atoms with Gasteiger partial charge in [0.15, 0.2) is 5.43 Å². The van der Waals surface area contributed by atoms with Gasteiger partial charge in [-0.25, -0.2) is 0 Å². The monoisotopic (exact) mass is 955 g/mol. The van der Waals surface area contributed by atoms with E-state index in [-0.39, 0.29) is 28.9 Å². The number of aromatic nitrogens is 1. The predicted octanol–water partition coefficient (Wildman–Crippen LogP) is 11.1. The Morgan fingerprint density at radius 2 is 1.17 bits per heavy atom. The quantitative estimate of drug-likeness (QED) is 0.155. The van der Waals surface area contributed by atoms with E-state index in [0.29, 0.717) is 0 Å². The maximum absolute atomic E-state index is 10.2. The molecule has 0 aliphatic carbocycles. The molecule has 36 heavy (non-hydrogen) atoms. The van der Waals surface area contributed by atoms with E-state index in [2.05, 4.69) is 110 Å². The number of aromatic amines is 1. The van der Waals surface area contributed by atoms with Gasteiger partial charge in [0, 0.05) is 43.1 Å². The molecule has 1 aromatic rings. The van der Waals surface area contributed by atoms with Crippen molar-refractivity contribution >= 4 is 77.1 Å². The topological polar surface area (TPSA) is 44.9 Å². The first kappa shape index (κ1) is 51.2. The minimum Gasteiger partial charge on any atom is 0 e. The van der Waals surface area contributed by atoms with Crippen LogP contribution >= 0.6 is 77.1 Å². The van der Waals surface area contributed by atoms with Crippen molar-refractivity contribution in [3.8, 4) is 0 Å². The van der Waals surface area contributed by atoms with Gasteiger partial charge in [-0.15, -0.1) is 17.2 Å². The van der Waals surface area contributed by atoms with Gasteiger partial charge in [-0.2, -0.15) is 0 Å². The number of rotatable bonds is 8. The Bertz CT molecular complexity index is 496. The van der Waals surface area contributed by atoms with E-state index in [0.717, 1.165) is 6.42 Å². The summed E-state index contributed by atoms with van der Waals surface area (Å²) < 4.78 is 0. The third kappa shape index (κ3) is 76.6. The van der Waals surface area contributed by atoms with Crippen LogP contribution in [0.3, 0.4) is 0 Å². The first-order valence-corrected chi connectivity index (χ1v) is 29.6. The third-order valence-electron chi connectivity index (χ3n) is 3.45. The minimum atomic E-state index is -0.278. The van der Waals surface area contributed by atoms with Crippen LogP contribution in [-0.4, -0.2) is 30.6 Å². The Morgan fingerprint density at radius 3 is 1.33 bits per heavy atom. The van der Waals surface area contributed by atoms with E-state index in [1.807, 2.05) is 40.1 Å². The number of dihydropyridines is 1. The molecule has 1 aliphatic heterocycles. The van der Waals surface area contributed by atoms with Gasteiger partial charge in [-0.3, -0.25) is 4.79 Å². The normalized spacial score (nSPS) is 10.2. The van der Waals surface area contributed by atoms with Crippen molar-refractivity contribution in [1.82, 2.24) is 10.3 Å². The fourth-order valence-corrected chi connectivity index (χ4v) is 3.09. The van der Waals surface area contributed by atoms with Crippen LogP contribution in [0.5, 0.6) is 0 Å². The van der Waals surface area contributed by atoms with Crippen LogP contribution in [0.15, 0.2) is 53.9 Å². The number of halogens is 3. The summed E-state index contributed by atoms with van der Waals surface area (Å²) in [6.45, 7) is 17.0. The molecule has 0 bridgehead atoms. The summed E-state index contributed by atoms with van der Waals surface area (Å²) in [6, 6.07) is 2.94. The number of unbranched alkanes of at least 4 members (excludes halogenated alkanes) is 4. The average Bonchev–Trinajstić information content (AvgIpc) is 2.89. The zero-order valence-electron chi connectivity index (χ0n) is 23.9. The van der Waals surface area contributed by atoms with Crippen molar-refractivity contribution in [2.75, 3.05) is 25.7 Å². The van der Waals surface area contributed by atoms with Crippen LogP contribution in [0.4, 0.5) is 0 Å². The summed E-state index contributed by atoms with van der Waals surface area (Å²) in [4.78, 5) is 12.7. The molecule has 0 fully saturated rings. The number of H-pyrrole nitrogens is 1. The SMILES string of the molecule is C1=CNC=CC1.CC.CC.CCCCCPC.CCCCCPC.O=c1cc[nH]cc1.[I][V]([I])[I].[V]. The Labute approximate surface area is 278 Å². The maximum atomic E-state index is 10.2. The number of hydrogen-bond donors (Lipinski definition) is 2. The zero-order valence-corrected chi connectivity index (χ0v) is 35.2. The third-order valence-corrected chi connectivity index (χ3v) is 5.16. The van der Waals surface area contributed by atoms with Gasteiger partial charge in [0.05, 0.1) is 0 Å². The standard InChI is InChI=1S/2C6H15P.C5H5NO.C5H7N.2C2H6.3HI.2V/c2*1-3-4-5-6-7-2;7-5-1-3-6-4-2-5;1-2-4-6-5-3-1;2*1-2;;;;;/h2*7H,3-6H2,1-2H3;1-4H,(H,6,7);2-6H,1H2;2*1-2H3;3*1H;;/q;;;;;;;;;;+3/p-3. The Balaban J connectivity index is -0.0000000756. The maximum Gasteiger partial charge on any atom is 0 e. The molecule has 215 valence electrons. The van der Waals surface area contributed by atoms with Gasteiger partial charge in [-0.1, -0.05) is 79.4 Å². The fraction of sp³-hybridized carbons (Fsp3) is 0.654. The van der Waals surface area contributed by atoms with Crippen molar-refractivity contribution in [3.05, 3.63) is 59.3 Å². The predicted molar refractivity (Wildman–Crippen MR) is 195 cm³/mol. The zero-order chi connectivity index (χ0) is 28.0. The van der Waals surface area contributed by atoms with Gasteiger partial charge >= 0.3 is 64.9 Å². The minimum absolute atomic E-state index is 0. The van der Waals surface area contributed by atoms with Crippen molar-refractivity contribution in [3.63, 3.8) is 0 Å². The van der Waals surface area contributed by atoms with E-state index >= 15 is 0 Å². The van der Waals surface area contributed by atoms with Crippen LogP contribution in [0.25, 0.3) is 0 Å². The van der Waals surface area contributed by atoms with Crippen molar-refractivity contribution in [1.29, 1.82) is 0 Å². The summed E-state index contributed by atoms with van der Waals surface area (Å²) in [5.41, 5.74) is 0.0405. The molecule has 3 nitrogen and oxygen atoms in total. The summed E-state index contributed by atoms with van der Waals surface area (Å²) in [5, 5.41) is 2.92. The molecule has 0 aromatic carbocycles. The van der Waals surface area contributed by atoms with E-state index in [4.69, 9.17) is 0 Å². The summed E-state index contributed by atoms with van der Waals surface area (Å²) in [6.07, 6.45) is 23.7. The van der Waals surface area contributed by atoms with Crippen molar-refractivity contribution in [2.24, 2.45) is 0 Å². The van der Waals surface area contributed by atoms with E-state index in [9.17, 15) is 4.79 Å². The van der Waals surface area contributed by atoms with Crippen LogP contribution in [0, 0.1) is 0 Å². The van der Waals surface area contributed by atoms with Crippen LogP contribution in [0.2, 0.25) is 0 Å². The second-order valence-electron chi connectivity index (χ2n) is 6.26. The van der Waals surface area contributed by atoms with E-state index < -0.39 is 0 Å². The molecular weight excluding hydrogens is 901 g/mol. The number of hydrogen-bond acceptors (Lipinski definition) is 2. The van der Waals surface area contributed by atoms with Crippen LogP contribution in [0.1, 0.15) is 86.5 Å². The second kappa shape index (κ2) is 57.4. The molecule has 2 unspecified atom stereocenters. The fourth-order valence-electron chi connectivity index (χ4n) is 1.88. The first-order chi connectivity index (χ1) is 17.0. The number of pyridine rings is 1. The largest absolute Gasteiger partial charge is 0 e. The first-order valence-electron chi connectivity index (χ1n) is 12.7. The van der Waals surface area contributed by atoms with Crippen LogP contribution < -0.4 is 10.7 Å². The Kier molecular flexibility index (Phi) is 81.6. The van der Waals surface area contributed by atoms with Gasteiger partial charge in [-0.05, 0) is 57.3 Å². The van der Waals surface area contributed by atoms with Crippen molar-refractivity contribution in [2.45, 2.75) is 86.5 Å². The number of allylic oxidation sites excluding steroid dienone is 2. The molecule has 0 amide bonds. The Morgan fingerprint density at radius 1 is 0.806 bits per heavy atom. The molecule has 0 spiro atoms. The summed E-state index contributed by atoms with van der Waals surface area (Å²) in [5.74, 6) is 0. The van der Waals surface area contributed by atoms with Crippen molar-refractivity contribution < 1.29 is 23.5 Å². The molecule has 2 N–H and O–H groups in total. The van der Waals surface area contributed by atoms with Gasteiger partial charge in [0.1, 0.15) is 0 Å². The van der Waals surface area contributed by atoms with Gasteiger partial charge in [0.25, 0.3) is 0 Å². The molecule has 10 heteroatoms. The summed E-state index contributed by atoms with van der Waals surface area (Å²) in [7, 11) is 2.34. The molecule has 1 aromatic heterocycles. The molecule has 2 heterocycles. The molecule has 0 saturated heterocycles. The van der Waals surface area contributed by atoms with Gasteiger partial charge in [0.2, 0.25) is 0 Å². The molecule has 1 aliphatic rings. The molecular formula is C26H54I3N2OP2V2. The summed E-state index contributed by atoms with van der Waals surface area (Å²) >= 11 is 7.39. The molecule has 0 saturated carbocycles. The molecule has 1 radical (unpaired) electrons. The average molecular weight is 955 g/mol. The van der Waals surface area contributed by atoms with E-state index in [1.54, 1.807) is 12.4 Å². The van der Waals surface area contributed by atoms with E-state index in [1.165, 1.54) is 80.1 Å². The molecule has 2 atom stereocenters. The molecule has 2 rings (SSSR count). The number of nitrogens with one attached hydrogen (secondary N) is 2. The second-order valence-corrected chi connectivity index (χ2v) is 44.0. The van der Waals surface area contributed by atoms with Crippen LogP contribution in [-0.2, 0) is 23.5 Å². The van der Waals surface area contributed by atoms with Gasteiger partial charge < -0.3 is 10.3 Å². The smallest absolute Gasteiger partial charge is 0 e.